The number of nitrogens with zero attached hydrogens (tertiary/aromatic N) is 5. The molecule has 0 aliphatic carbocycles. The molecule has 132 heavy (non-hydrogen) atoms. The Bertz CT molecular complexity index is 8830. The second kappa shape index (κ2) is 31.7. The third-order valence-electron chi connectivity index (χ3n) is 27.0. The summed E-state index contributed by atoms with van der Waals surface area (Å²) in [6, 6.07) is 147. The molecule has 0 saturated heterocycles. The van der Waals surface area contributed by atoms with E-state index >= 15 is 0 Å². The number of fused-ring (bicyclic) bond motifs is 3. The molecule has 0 N–H and O–H groups in total. The maximum absolute atomic E-state index is 6.29. The molecule has 0 amide bonds. The summed E-state index contributed by atoms with van der Waals surface area (Å²) >= 11 is 0. The van der Waals surface area contributed by atoms with Crippen molar-refractivity contribution in [3.63, 3.8) is 0 Å². The van der Waals surface area contributed by atoms with Gasteiger partial charge in [0.2, 0.25) is 5.89 Å². The molecule has 0 spiro atoms. The fraction of sp³-hybridized carbons (Fsp3) is 0.0635. The Kier molecular flexibility index (Phi) is 19.0. The first-order valence-corrected chi connectivity index (χ1v) is 45.6. The van der Waals surface area contributed by atoms with Crippen molar-refractivity contribution in [2.75, 3.05) is 0 Å². The molecule has 6 nitrogen and oxygen atoms in total. The molecule has 0 saturated carbocycles. The average molecular weight is 1690 g/mol. The zero-order chi connectivity index (χ0) is 88.5. The van der Waals surface area contributed by atoms with Crippen LogP contribution in [0.15, 0.2) is 436 Å². The summed E-state index contributed by atoms with van der Waals surface area (Å²) in [5, 5.41) is 25.5. The molecular formula is C126H89N5O. The van der Waals surface area contributed by atoms with Crippen LogP contribution >= 0.6 is 0 Å². The molecule has 624 valence electrons. The van der Waals surface area contributed by atoms with Gasteiger partial charge in [0.1, 0.15) is 11.3 Å². The van der Waals surface area contributed by atoms with E-state index in [9.17, 15) is 0 Å². The highest BCUT2D eigenvalue weighted by molar-refractivity contribution is 6.32. The van der Waals surface area contributed by atoms with Gasteiger partial charge in [0, 0.05) is 52.7 Å². The second-order valence-electron chi connectivity index (χ2n) is 37.2. The summed E-state index contributed by atoms with van der Waals surface area (Å²) in [6.45, 7) is 13.7. The molecule has 0 atom stereocenters. The summed E-state index contributed by atoms with van der Waals surface area (Å²) in [6.07, 6.45) is 7.57. The van der Waals surface area contributed by atoms with Gasteiger partial charge in [-0.05, 0) is 299 Å². The maximum Gasteiger partial charge on any atom is 0.227 e. The number of para-hydroxylation sites is 4. The minimum atomic E-state index is 0.0640. The van der Waals surface area contributed by atoms with Gasteiger partial charge in [0.15, 0.2) is 5.58 Å². The monoisotopic (exact) mass is 1690 g/mol. The van der Waals surface area contributed by atoms with Crippen LogP contribution in [0.25, 0.3) is 247 Å². The lowest BCUT2D eigenvalue weighted by molar-refractivity contribution is 0.591. The quantitative estimate of drug-likeness (QED) is 0.121. The van der Waals surface area contributed by atoms with E-state index in [1.807, 2.05) is 61.2 Å². The van der Waals surface area contributed by atoms with Gasteiger partial charge in [0.25, 0.3) is 0 Å². The van der Waals surface area contributed by atoms with Crippen LogP contribution in [0.2, 0.25) is 0 Å². The predicted molar refractivity (Wildman–Crippen MR) is 557 cm³/mol. The van der Waals surface area contributed by atoms with E-state index in [1.54, 1.807) is 0 Å². The van der Waals surface area contributed by atoms with Crippen molar-refractivity contribution in [3.8, 4) is 118 Å². The SMILES string of the molecule is CC(C)(C)c1cc2ccc3c(-c4ccc(-n5c(-c6ccccc6)nc6ccccc65)cc4)cc(-c4ccc5ccccc5c4)c4ccc(c1)c2c34.CC(C)(C)c1cc2ccc3c(-c4ccccc4)cc(-c4nc5ccccc5o4)c4ccc(c1)c2c34.c1ccc(-c2cccc(-c3ccc(-c4cc(-c5cccnc5)c5ccc6cc(-c7cccnc7)cc7ccc4c5c76)cc3)c2)cc1. The number of imidazole rings is 1. The Morgan fingerprint density at radius 3 is 1.11 bits per heavy atom. The van der Waals surface area contributed by atoms with Crippen LogP contribution in [0.3, 0.4) is 0 Å². The van der Waals surface area contributed by atoms with E-state index in [4.69, 9.17) is 14.4 Å². The van der Waals surface area contributed by atoms with Gasteiger partial charge in [0.05, 0.1) is 11.0 Å². The van der Waals surface area contributed by atoms with Crippen molar-refractivity contribution in [1.82, 2.24) is 24.5 Å². The Balaban J connectivity index is 0.000000111. The number of benzene rings is 22. The van der Waals surface area contributed by atoms with Crippen LogP contribution < -0.4 is 0 Å². The van der Waals surface area contributed by atoms with Crippen LogP contribution in [0.5, 0.6) is 0 Å². The summed E-state index contributed by atoms with van der Waals surface area (Å²) < 4.78 is 8.57. The van der Waals surface area contributed by atoms with Crippen LogP contribution in [-0.2, 0) is 10.8 Å². The average Bonchev–Trinajstić information content (AvgIpc) is 0.921. The second-order valence-corrected chi connectivity index (χ2v) is 37.2. The first kappa shape index (κ1) is 78.9. The molecule has 0 aliphatic heterocycles. The Labute approximate surface area is 765 Å². The minimum absolute atomic E-state index is 0.0640. The number of hydrogen-bond donors (Lipinski definition) is 0. The molecule has 26 aromatic rings. The number of oxazole rings is 1. The normalized spacial score (nSPS) is 12.0. The Hall–Kier alpha value is -16.5. The summed E-state index contributed by atoms with van der Waals surface area (Å²) in [5.74, 6) is 1.61. The highest BCUT2D eigenvalue weighted by Crippen LogP contribution is 2.51. The number of aromatic nitrogens is 5. The molecule has 0 fully saturated rings. The Morgan fingerprint density at radius 2 is 0.598 bits per heavy atom. The lowest BCUT2D eigenvalue weighted by Crippen LogP contribution is -2.10. The molecule has 4 heterocycles. The summed E-state index contributed by atoms with van der Waals surface area (Å²) in [4.78, 5) is 18.8. The van der Waals surface area contributed by atoms with Gasteiger partial charge >= 0.3 is 0 Å². The largest absolute Gasteiger partial charge is 0.436 e. The van der Waals surface area contributed by atoms with Gasteiger partial charge in [-0.2, -0.15) is 0 Å². The zero-order valence-corrected chi connectivity index (χ0v) is 74.1. The van der Waals surface area contributed by atoms with Crippen molar-refractivity contribution in [1.29, 1.82) is 0 Å². The smallest absolute Gasteiger partial charge is 0.227 e. The van der Waals surface area contributed by atoms with Gasteiger partial charge in [-0.1, -0.05) is 357 Å². The predicted octanol–water partition coefficient (Wildman–Crippen LogP) is 34.4. The highest BCUT2D eigenvalue weighted by atomic mass is 16.3. The van der Waals surface area contributed by atoms with E-state index in [-0.39, 0.29) is 10.8 Å². The number of pyridine rings is 2. The van der Waals surface area contributed by atoms with Crippen molar-refractivity contribution in [2.24, 2.45) is 0 Å². The zero-order valence-electron chi connectivity index (χ0n) is 74.1. The van der Waals surface area contributed by atoms with E-state index in [0.717, 1.165) is 55.9 Å². The third kappa shape index (κ3) is 13.9. The highest BCUT2D eigenvalue weighted by Gasteiger charge is 2.27. The first-order chi connectivity index (χ1) is 64.7. The molecule has 26 rings (SSSR count). The van der Waals surface area contributed by atoms with Gasteiger partial charge in [-0.3, -0.25) is 14.5 Å². The fourth-order valence-electron chi connectivity index (χ4n) is 20.4. The standard InChI is InChI=1S/C49H36N2.C44H28N2.C33H25NO/c1-49(2,3)38-28-36-21-25-40-42(30-43(41-26-22-37(29-38)46(36)47(40)41)35-18-17-31-11-7-8-14-34(31)27-35)32-19-23-39(24-20-32)51-45-16-10-9-15-44(45)50-48(51)33-12-5-4-6-13-33;1-2-7-29(8-3-1)32-9-4-10-33(23-32)30-13-15-31(16-14-30)41-26-42(37-12-6-22-46-28-37)40-20-18-35-25-38(36-11-5-21-45-27-36)24-34-17-19-39(41)44(40)43(34)35;1-33(2,3)23-17-21-13-15-24-26(20-9-5-4-6-10-20)19-27(25-16-14-22(18-23)30(21)31(24)25)32-34-28-11-7-8-12-29(28)35-32/h4-30H,1-3H3;1-28H;4-19H,1-3H3. The van der Waals surface area contributed by atoms with Crippen molar-refractivity contribution >= 4 is 130 Å². The van der Waals surface area contributed by atoms with Crippen LogP contribution in [0, 0.1) is 0 Å². The fourth-order valence-corrected chi connectivity index (χ4v) is 20.4. The Morgan fingerprint density at radius 1 is 0.227 bits per heavy atom. The molecule has 0 bridgehead atoms. The van der Waals surface area contributed by atoms with Gasteiger partial charge < -0.3 is 4.42 Å². The van der Waals surface area contributed by atoms with E-state index in [2.05, 4.69) is 426 Å². The summed E-state index contributed by atoms with van der Waals surface area (Å²) in [5.41, 5.74) is 29.1. The van der Waals surface area contributed by atoms with Crippen LogP contribution in [0.1, 0.15) is 52.7 Å². The van der Waals surface area contributed by atoms with E-state index in [1.165, 1.54) is 197 Å². The van der Waals surface area contributed by atoms with Crippen molar-refractivity contribution < 1.29 is 4.42 Å². The van der Waals surface area contributed by atoms with Crippen LogP contribution in [-0.4, -0.2) is 24.5 Å². The topological polar surface area (TPSA) is 69.6 Å². The molecule has 0 unspecified atom stereocenters. The molecule has 22 aromatic carbocycles. The van der Waals surface area contributed by atoms with E-state index < -0.39 is 0 Å². The van der Waals surface area contributed by atoms with Gasteiger partial charge in [-0.25, -0.2) is 9.97 Å². The first-order valence-electron chi connectivity index (χ1n) is 45.6. The summed E-state index contributed by atoms with van der Waals surface area (Å²) in [7, 11) is 0. The molecule has 0 aliphatic rings. The molecule has 6 heteroatoms. The van der Waals surface area contributed by atoms with E-state index in [0.29, 0.717) is 5.89 Å². The maximum atomic E-state index is 6.29. The lowest BCUT2D eigenvalue weighted by Gasteiger charge is -2.23. The molecule has 4 aromatic heterocycles. The molecular weight excluding hydrogens is 1600 g/mol. The van der Waals surface area contributed by atoms with Crippen LogP contribution in [0.4, 0.5) is 0 Å². The van der Waals surface area contributed by atoms with Crippen molar-refractivity contribution in [2.45, 2.75) is 52.4 Å². The third-order valence-corrected chi connectivity index (χ3v) is 27.0. The number of hydrogen-bond acceptors (Lipinski definition) is 5. The van der Waals surface area contributed by atoms with Crippen molar-refractivity contribution in [3.05, 3.63) is 442 Å². The minimum Gasteiger partial charge on any atom is -0.436 e. The van der Waals surface area contributed by atoms with Gasteiger partial charge in [-0.15, -0.1) is 0 Å². The lowest BCUT2D eigenvalue weighted by atomic mass is 9.81. The number of rotatable bonds is 11. The molecule has 0 radical (unpaired) electrons.